The highest BCUT2D eigenvalue weighted by molar-refractivity contribution is 5.70. The Kier molecular flexibility index (Phi) is 4.82. The van der Waals surface area contributed by atoms with Gasteiger partial charge in [0, 0.05) is 13.1 Å². The van der Waals surface area contributed by atoms with Crippen LogP contribution in [-0.4, -0.2) is 41.8 Å². The van der Waals surface area contributed by atoms with E-state index in [0.717, 1.165) is 12.8 Å². The van der Waals surface area contributed by atoms with Gasteiger partial charge >= 0.3 is 12.1 Å². The van der Waals surface area contributed by atoms with Gasteiger partial charge in [0.2, 0.25) is 0 Å². The van der Waals surface area contributed by atoms with Crippen molar-refractivity contribution < 1.29 is 19.4 Å². The van der Waals surface area contributed by atoms with Gasteiger partial charge in [-0.25, -0.2) is 4.79 Å². The van der Waals surface area contributed by atoms with Crippen LogP contribution in [0.4, 0.5) is 4.79 Å². The van der Waals surface area contributed by atoms with Crippen LogP contribution in [0.3, 0.4) is 0 Å². The molecule has 1 amide bonds. The monoisotopic (exact) mass is 227 g/mol. The average Bonchev–Trinajstić information content (AvgIpc) is 3.04. The number of carboxylic acid groups (broad SMARTS) is 1. The molecular formula is C11H17NO4. The summed E-state index contributed by atoms with van der Waals surface area (Å²) in [7, 11) is 0. The molecule has 0 heterocycles. The molecule has 90 valence electrons. The molecule has 5 heteroatoms. The summed E-state index contributed by atoms with van der Waals surface area (Å²) in [4.78, 5) is 23.5. The Hall–Kier alpha value is -1.52. The summed E-state index contributed by atoms with van der Waals surface area (Å²) in [5, 5.41) is 8.58. The third kappa shape index (κ3) is 4.82. The third-order valence-corrected chi connectivity index (χ3v) is 2.35. The van der Waals surface area contributed by atoms with Gasteiger partial charge in [0.25, 0.3) is 0 Å². The van der Waals surface area contributed by atoms with Crippen molar-refractivity contribution in [1.29, 1.82) is 0 Å². The number of rotatable bonds is 7. The Morgan fingerprint density at radius 2 is 2.19 bits per heavy atom. The van der Waals surface area contributed by atoms with Crippen LogP contribution in [0, 0.1) is 5.92 Å². The SMILES string of the molecule is C=CCOC(=O)N(CCC(=O)O)CC1CC1. The van der Waals surface area contributed by atoms with E-state index in [4.69, 9.17) is 9.84 Å². The fourth-order valence-electron chi connectivity index (χ4n) is 1.32. The van der Waals surface area contributed by atoms with Gasteiger partial charge in [0.15, 0.2) is 0 Å². The van der Waals surface area contributed by atoms with Gasteiger partial charge in [-0.1, -0.05) is 12.7 Å². The van der Waals surface area contributed by atoms with E-state index in [9.17, 15) is 9.59 Å². The Labute approximate surface area is 94.7 Å². The second kappa shape index (κ2) is 6.15. The highest BCUT2D eigenvalue weighted by atomic mass is 16.6. The van der Waals surface area contributed by atoms with Crippen molar-refractivity contribution >= 4 is 12.1 Å². The maximum atomic E-state index is 11.5. The summed E-state index contributed by atoms with van der Waals surface area (Å²) < 4.78 is 4.89. The fraction of sp³-hybridized carbons (Fsp3) is 0.636. The smallest absolute Gasteiger partial charge is 0.410 e. The van der Waals surface area contributed by atoms with Crippen LogP contribution in [-0.2, 0) is 9.53 Å². The minimum absolute atomic E-state index is 0.0457. The molecule has 0 atom stereocenters. The zero-order valence-electron chi connectivity index (χ0n) is 9.22. The molecule has 0 saturated heterocycles. The van der Waals surface area contributed by atoms with Crippen LogP contribution in [0.25, 0.3) is 0 Å². The second-order valence-electron chi connectivity index (χ2n) is 3.90. The lowest BCUT2D eigenvalue weighted by Gasteiger charge is -2.20. The van der Waals surface area contributed by atoms with Crippen LogP contribution in [0.15, 0.2) is 12.7 Å². The average molecular weight is 227 g/mol. The number of ether oxygens (including phenoxy) is 1. The largest absolute Gasteiger partial charge is 0.481 e. The maximum Gasteiger partial charge on any atom is 0.410 e. The topological polar surface area (TPSA) is 66.8 Å². The molecule has 1 N–H and O–H groups in total. The molecule has 0 radical (unpaired) electrons. The molecule has 1 aliphatic carbocycles. The number of nitrogens with zero attached hydrogens (tertiary/aromatic N) is 1. The minimum Gasteiger partial charge on any atom is -0.481 e. The van der Waals surface area contributed by atoms with Crippen molar-refractivity contribution in [2.45, 2.75) is 19.3 Å². The second-order valence-corrected chi connectivity index (χ2v) is 3.90. The summed E-state index contributed by atoms with van der Waals surface area (Å²) in [5.74, 6) is -0.387. The first kappa shape index (κ1) is 12.5. The first-order valence-corrected chi connectivity index (χ1v) is 5.38. The number of carbonyl (C=O) groups excluding carboxylic acids is 1. The quantitative estimate of drug-likeness (QED) is 0.669. The first-order chi connectivity index (χ1) is 7.63. The van der Waals surface area contributed by atoms with E-state index >= 15 is 0 Å². The summed E-state index contributed by atoms with van der Waals surface area (Å²) in [6.45, 7) is 4.42. The lowest BCUT2D eigenvalue weighted by Crippen LogP contribution is -2.35. The summed E-state index contributed by atoms with van der Waals surface area (Å²) in [6.07, 6.45) is 3.21. The van der Waals surface area contributed by atoms with E-state index in [-0.39, 0.29) is 19.6 Å². The Morgan fingerprint density at radius 1 is 1.50 bits per heavy atom. The number of carboxylic acids is 1. The zero-order valence-corrected chi connectivity index (χ0v) is 9.22. The highest BCUT2D eigenvalue weighted by Gasteiger charge is 2.27. The number of aliphatic carboxylic acids is 1. The molecular weight excluding hydrogens is 210 g/mol. The van der Waals surface area contributed by atoms with Crippen molar-refractivity contribution in [2.24, 2.45) is 5.92 Å². The number of hydrogen-bond donors (Lipinski definition) is 1. The molecule has 5 nitrogen and oxygen atoms in total. The van der Waals surface area contributed by atoms with Gasteiger partial charge in [0.1, 0.15) is 6.61 Å². The van der Waals surface area contributed by atoms with Gasteiger partial charge in [-0.3, -0.25) is 4.79 Å². The molecule has 0 aromatic rings. The number of carbonyl (C=O) groups is 2. The van der Waals surface area contributed by atoms with E-state index in [2.05, 4.69) is 6.58 Å². The van der Waals surface area contributed by atoms with Gasteiger partial charge in [-0.2, -0.15) is 0 Å². The third-order valence-electron chi connectivity index (χ3n) is 2.35. The van der Waals surface area contributed by atoms with Gasteiger partial charge in [0.05, 0.1) is 6.42 Å². The molecule has 16 heavy (non-hydrogen) atoms. The van der Waals surface area contributed by atoms with E-state index < -0.39 is 12.1 Å². The van der Waals surface area contributed by atoms with Gasteiger partial charge in [-0.05, 0) is 18.8 Å². The Morgan fingerprint density at radius 3 is 2.69 bits per heavy atom. The van der Waals surface area contributed by atoms with Crippen molar-refractivity contribution in [3.8, 4) is 0 Å². The summed E-state index contributed by atoms with van der Waals surface area (Å²) in [5.41, 5.74) is 0. The standard InChI is InChI=1S/C11H17NO4/c1-2-7-16-11(15)12(6-5-10(13)14)8-9-3-4-9/h2,9H,1,3-8H2,(H,13,14). The molecule has 1 rings (SSSR count). The van der Waals surface area contributed by atoms with E-state index in [1.165, 1.54) is 11.0 Å². The molecule has 1 saturated carbocycles. The normalized spacial score (nSPS) is 14.2. The van der Waals surface area contributed by atoms with Crippen LogP contribution >= 0.6 is 0 Å². The molecule has 0 aromatic heterocycles. The molecule has 0 bridgehead atoms. The fourth-order valence-corrected chi connectivity index (χ4v) is 1.32. The Balaban J connectivity index is 2.37. The lowest BCUT2D eigenvalue weighted by atomic mass is 10.3. The van der Waals surface area contributed by atoms with Gasteiger partial charge in [-0.15, -0.1) is 0 Å². The highest BCUT2D eigenvalue weighted by Crippen LogP contribution is 2.29. The molecule has 0 aromatic carbocycles. The predicted octanol–water partition coefficient (Wildman–Crippen LogP) is 1.50. The van der Waals surface area contributed by atoms with Crippen molar-refractivity contribution in [3.63, 3.8) is 0 Å². The van der Waals surface area contributed by atoms with Crippen LogP contribution in [0.5, 0.6) is 0 Å². The molecule has 0 spiro atoms. The molecule has 0 aliphatic heterocycles. The number of hydrogen-bond acceptors (Lipinski definition) is 3. The maximum absolute atomic E-state index is 11.5. The lowest BCUT2D eigenvalue weighted by molar-refractivity contribution is -0.137. The van der Waals surface area contributed by atoms with E-state index in [0.29, 0.717) is 12.5 Å². The van der Waals surface area contributed by atoms with Crippen molar-refractivity contribution in [3.05, 3.63) is 12.7 Å². The minimum atomic E-state index is -0.905. The van der Waals surface area contributed by atoms with Crippen molar-refractivity contribution in [2.75, 3.05) is 19.7 Å². The Bertz CT molecular complexity index is 273. The van der Waals surface area contributed by atoms with Crippen molar-refractivity contribution in [1.82, 2.24) is 4.90 Å². The molecule has 0 unspecified atom stereocenters. The number of amides is 1. The molecule has 1 fully saturated rings. The van der Waals surface area contributed by atoms with E-state index in [1.807, 2.05) is 0 Å². The van der Waals surface area contributed by atoms with Crippen LogP contribution in [0.2, 0.25) is 0 Å². The van der Waals surface area contributed by atoms with Gasteiger partial charge < -0.3 is 14.7 Å². The van der Waals surface area contributed by atoms with E-state index in [1.54, 1.807) is 0 Å². The molecule has 1 aliphatic rings. The summed E-state index contributed by atoms with van der Waals surface area (Å²) >= 11 is 0. The van der Waals surface area contributed by atoms with Crippen LogP contribution < -0.4 is 0 Å². The van der Waals surface area contributed by atoms with Crippen LogP contribution in [0.1, 0.15) is 19.3 Å². The predicted molar refractivity (Wildman–Crippen MR) is 58.1 cm³/mol. The summed E-state index contributed by atoms with van der Waals surface area (Å²) in [6, 6.07) is 0. The zero-order chi connectivity index (χ0) is 12.0. The first-order valence-electron chi connectivity index (χ1n) is 5.38.